The summed E-state index contributed by atoms with van der Waals surface area (Å²) >= 11 is 0. The van der Waals surface area contributed by atoms with Gasteiger partial charge in [0, 0.05) is 0 Å². The zero-order valence-electron chi connectivity index (χ0n) is 17.2. The van der Waals surface area contributed by atoms with E-state index in [1.165, 1.54) is 12.1 Å². The van der Waals surface area contributed by atoms with Crippen molar-refractivity contribution in [3.8, 4) is 0 Å². The Bertz CT molecular complexity index is 778. The summed E-state index contributed by atoms with van der Waals surface area (Å²) in [6.07, 6.45) is -0.815. The van der Waals surface area contributed by atoms with Crippen molar-refractivity contribution < 1.29 is 33.9 Å². The van der Waals surface area contributed by atoms with Crippen molar-refractivity contribution in [2.45, 2.75) is 46.3 Å². The Labute approximate surface area is 169 Å². The number of aliphatic carboxylic acids is 1. The molecule has 9 nitrogen and oxygen atoms in total. The minimum Gasteiger partial charge on any atom is -0.480 e. The maximum Gasteiger partial charge on any atom is 0.411 e. The van der Waals surface area contributed by atoms with Crippen LogP contribution in [-0.2, 0) is 14.4 Å². The van der Waals surface area contributed by atoms with Crippen molar-refractivity contribution in [2.75, 3.05) is 13.2 Å². The molecule has 0 unspecified atom stereocenters. The van der Waals surface area contributed by atoms with Crippen LogP contribution in [0, 0.1) is 5.92 Å². The van der Waals surface area contributed by atoms with Gasteiger partial charge in [-0.2, -0.15) is 0 Å². The van der Waals surface area contributed by atoms with Gasteiger partial charge < -0.3 is 9.84 Å². The first-order chi connectivity index (χ1) is 13.4. The van der Waals surface area contributed by atoms with Crippen LogP contribution in [0.3, 0.4) is 0 Å². The van der Waals surface area contributed by atoms with E-state index in [1.807, 2.05) is 0 Å². The van der Waals surface area contributed by atoms with Gasteiger partial charge in [-0.3, -0.25) is 19.3 Å². The van der Waals surface area contributed by atoms with Gasteiger partial charge in [-0.1, -0.05) is 26.0 Å². The predicted molar refractivity (Wildman–Crippen MR) is 102 cm³/mol. The number of hydrogen-bond donors (Lipinski definition) is 1. The van der Waals surface area contributed by atoms with Gasteiger partial charge in [-0.05, 0) is 38.8 Å². The molecular formula is C20H26N2O7. The van der Waals surface area contributed by atoms with Crippen LogP contribution in [0.4, 0.5) is 4.79 Å². The molecule has 1 aromatic rings. The molecule has 0 aliphatic carbocycles. The Morgan fingerprint density at radius 1 is 1.10 bits per heavy atom. The third-order valence-corrected chi connectivity index (χ3v) is 4.16. The van der Waals surface area contributed by atoms with Gasteiger partial charge in [0.1, 0.15) is 11.6 Å². The number of carboxylic acids is 1. The van der Waals surface area contributed by atoms with Gasteiger partial charge in [0.2, 0.25) is 0 Å². The molecule has 1 aliphatic heterocycles. The third kappa shape index (κ3) is 5.11. The second-order valence-corrected chi connectivity index (χ2v) is 7.98. The third-order valence-electron chi connectivity index (χ3n) is 4.16. The van der Waals surface area contributed by atoms with Crippen molar-refractivity contribution in [2.24, 2.45) is 5.92 Å². The van der Waals surface area contributed by atoms with E-state index < -0.39 is 41.4 Å². The standard InChI is InChI=1S/C20H26N2O7/c1-12(2)15(18(25)26)21(19(27)29-20(3,4)5)10-11-28-22-16(23)13-8-6-7-9-14(13)17(22)24/h6-9,12,15H,10-11H2,1-5H3,(H,25,26)/t15-/m0/s1. The summed E-state index contributed by atoms with van der Waals surface area (Å²) in [4.78, 5) is 55.3. The quantitative estimate of drug-likeness (QED) is 0.692. The lowest BCUT2D eigenvalue weighted by Crippen LogP contribution is -2.51. The molecule has 1 aliphatic rings. The predicted octanol–water partition coefficient (Wildman–Crippen LogP) is 2.56. The van der Waals surface area contributed by atoms with Gasteiger partial charge in [-0.25, -0.2) is 9.59 Å². The summed E-state index contributed by atoms with van der Waals surface area (Å²) in [6.45, 7) is 7.90. The van der Waals surface area contributed by atoms with Crippen LogP contribution >= 0.6 is 0 Å². The summed E-state index contributed by atoms with van der Waals surface area (Å²) in [7, 11) is 0. The van der Waals surface area contributed by atoms with E-state index in [0.29, 0.717) is 5.06 Å². The molecule has 1 N–H and O–H groups in total. The maximum atomic E-state index is 12.6. The van der Waals surface area contributed by atoms with E-state index in [1.54, 1.807) is 46.8 Å². The van der Waals surface area contributed by atoms with E-state index in [-0.39, 0.29) is 24.3 Å². The number of ether oxygens (including phenoxy) is 1. The molecule has 0 aromatic heterocycles. The molecule has 0 fully saturated rings. The first-order valence-electron chi connectivity index (χ1n) is 9.27. The largest absolute Gasteiger partial charge is 0.480 e. The second-order valence-electron chi connectivity index (χ2n) is 7.98. The Kier molecular flexibility index (Phi) is 6.63. The Hall–Kier alpha value is -2.94. The smallest absolute Gasteiger partial charge is 0.411 e. The molecule has 0 saturated heterocycles. The number of hydroxylamine groups is 2. The highest BCUT2D eigenvalue weighted by Crippen LogP contribution is 2.23. The van der Waals surface area contributed by atoms with Crippen molar-refractivity contribution in [3.05, 3.63) is 35.4 Å². The van der Waals surface area contributed by atoms with Crippen LogP contribution in [0.1, 0.15) is 55.3 Å². The number of carboxylic acid groups (broad SMARTS) is 1. The van der Waals surface area contributed by atoms with Crippen LogP contribution in [0.5, 0.6) is 0 Å². The van der Waals surface area contributed by atoms with Gasteiger partial charge in [-0.15, -0.1) is 5.06 Å². The molecule has 0 bridgehead atoms. The molecule has 1 aromatic carbocycles. The summed E-state index contributed by atoms with van der Waals surface area (Å²) in [6, 6.07) is 5.15. The van der Waals surface area contributed by atoms with Crippen LogP contribution in [0.2, 0.25) is 0 Å². The molecule has 1 atom stereocenters. The molecular weight excluding hydrogens is 380 g/mol. The Morgan fingerprint density at radius 3 is 2.03 bits per heavy atom. The van der Waals surface area contributed by atoms with Crippen molar-refractivity contribution in [1.29, 1.82) is 0 Å². The lowest BCUT2D eigenvalue weighted by atomic mass is 10.0. The van der Waals surface area contributed by atoms with Crippen LogP contribution in [0.25, 0.3) is 0 Å². The topological polar surface area (TPSA) is 113 Å². The van der Waals surface area contributed by atoms with E-state index in [9.17, 15) is 24.3 Å². The summed E-state index contributed by atoms with van der Waals surface area (Å²) < 4.78 is 5.32. The summed E-state index contributed by atoms with van der Waals surface area (Å²) in [5.74, 6) is -2.80. The molecule has 9 heteroatoms. The number of carbonyl (C=O) groups excluding carboxylic acids is 3. The van der Waals surface area contributed by atoms with E-state index in [2.05, 4.69) is 0 Å². The van der Waals surface area contributed by atoms with E-state index in [0.717, 1.165) is 4.90 Å². The average Bonchev–Trinajstić information content (AvgIpc) is 2.83. The van der Waals surface area contributed by atoms with E-state index in [4.69, 9.17) is 9.57 Å². The second kappa shape index (κ2) is 8.60. The van der Waals surface area contributed by atoms with Crippen molar-refractivity contribution >= 4 is 23.9 Å². The number of amides is 3. The molecule has 0 saturated carbocycles. The number of benzene rings is 1. The van der Waals surface area contributed by atoms with Crippen LogP contribution < -0.4 is 0 Å². The fourth-order valence-corrected chi connectivity index (χ4v) is 2.96. The highest BCUT2D eigenvalue weighted by atomic mass is 16.7. The fraction of sp³-hybridized carbons (Fsp3) is 0.500. The van der Waals surface area contributed by atoms with Crippen molar-refractivity contribution in [3.63, 3.8) is 0 Å². The Balaban J connectivity index is 2.12. The zero-order chi connectivity index (χ0) is 21.9. The summed E-state index contributed by atoms with van der Waals surface area (Å²) in [5.41, 5.74) is -0.363. The lowest BCUT2D eigenvalue weighted by molar-refractivity contribution is -0.146. The fourth-order valence-electron chi connectivity index (χ4n) is 2.96. The number of rotatable bonds is 7. The van der Waals surface area contributed by atoms with Gasteiger partial charge in [0.15, 0.2) is 0 Å². The van der Waals surface area contributed by atoms with Crippen LogP contribution in [-0.4, -0.2) is 63.7 Å². The molecule has 0 radical (unpaired) electrons. The average molecular weight is 406 g/mol. The number of imide groups is 1. The van der Waals surface area contributed by atoms with Gasteiger partial charge in [0.05, 0.1) is 24.3 Å². The minimum absolute atomic E-state index is 0.183. The number of carbonyl (C=O) groups is 4. The van der Waals surface area contributed by atoms with Gasteiger partial charge in [0.25, 0.3) is 11.8 Å². The highest BCUT2D eigenvalue weighted by Gasteiger charge is 2.38. The lowest BCUT2D eigenvalue weighted by Gasteiger charge is -2.33. The normalized spacial score (nSPS) is 14.8. The van der Waals surface area contributed by atoms with Crippen LogP contribution in [0.15, 0.2) is 24.3 Å². The van der Waals surface area contributed by atoms with E-state index >= 15 is 0 Å². The maximum absolute atomic E-state index is 12.6. The van der Waals surface area contributed by atoms with Crippen molar-refractivity contribution in [1.82, 2.24) is 9.96 Å². The molecule has 158 valence electrons. The SMILES string of the molecule is CC(C)[C@@H](C(=O)O)N(CCON1C(=O)c2ccccc2C1=O)C(=O)OC(C)(C)C. The molecule has 0 spiro atoms. The molecule has 3 amide bonds. The number of hydrogen-bond acceptors (Lipinski definition) is 6. The molecule has 29 heavy (non-hydrogen) atoms. The minimum atomic E-state index is -1.19. The Morgan fingerprint density at radius 2 is 1.62 bits per heavy atom. The monoisotopic (exact) mass is 406 g/mol. The highest BCUT2D eigenvalue weighted by molar-refractivity contribution is 6.20. The number of fused-ring (bicyclic) bond motifs is 1. The van der Waals surface area contributed by atoms with Gasteiger partial charge >= 0.3 is 12.1 Å². The summed E-state index contributed by atoms with van der Waals surface area (Å²) in [5, 5.41) is 10.2. The number of nitrogens with zero attached hydrogens (tertiary/aromatic N) is 2. The first-order valence-corrected chi connectivity index (χ1v) is 9.27. The first kappa shape index (κ1) is 22.4. The molecule has 1 heterocycles. The molecule has 2 rings (SSSR count). The zero-order valence-corrected chi connectivity index (χ0v) is 17.2.